The molecule has 2 aliphatic heterocycles. The average Bonchev–Trinajstić information content (AvgIpc) is 2.77. The van der Waals surface area contributed by atoms with Crippen LogP contribution in [0.3, 0.4) is 0 Å². The molecule has 0 radical (unpaired) electrons. The number of hydrogen-bond donors (Lipinski definition) is 2. The minimum atomic E-state index is -0.321. The summed E-state index contributed by atoms with van der Waals surface area (Å²) in [7, 11) is 0. The summed E-state index contributed by atoms with van der Waals surface area (Å²) in [6.45, 7) is 3.54. The molecule has 1 amide bonds. The fourth-order valence-corrected chi connectivity index (χ4v) is 4.67. The maximum absolute atomic E-state index is 12.5. The molecule has 2 aromatic carbocycles. The first-order valence-corrected chi connectivity index (χ1v) is 11.1. The van der Waals surface area contributed by atoms with Crippen molar-refractivity contribution < 1.29 is 19.4 Å². The quantitative estimate of drug-likeness (QED) is 0.691. The van der Waals surface area contributed by atoms with Crippen molar-refractivity contribution in [1.82, 2.24) is 4.90 Å². The molecule has 1 fully saturated rings. The standard InChI is InChI=1S/C23H27BrN2O4/c1-14-2-7-18-19(22(14)27)12-20(30-21(18)13-25)15-8-10-26(11-9-15)23(28)29-17-5-3-16(24)4-6-17/h2-7,15,20-21,27H,8-13,25H2,1H3/t20-,21-/m0/s1. The molecule has 0 unspecified atom stereocenters. The van der Waals surface area contributed by atoms with E-state index >= 15 is 0 Å². The minimum absolute atomic E-state index is 0.0107. The van der Waals surface area contributed by atoms with Gasteiger partial charge in [-0.15, -0.1) is 0 Å². The topological polar surface area (TPSA) is 85.0 Å². The van der Waals surface area contributed by atoms with E-state index in [0.717, 1.165) is 34.0 Å². The normalized spacial score (nSPS) is 21.9. The van der Waals surface area contributed by atoms with Gasteiger partial charge >= 0.3 is 6.09 Å². The second kappa shape index (κ2) is 8.96. The number of piperidine rings is 1. The third kappa shape index (κ3) is 4.33. The van der Waals surface area contributed by atoms with E-state index in [2.05, 4.69) is 15.9 Å². The molecule has 0 bridgehead atoms. The van der Waals surface area contributed by atoms with E-state index in [1.54, 1.807) is 17.0 Å². The Kier molecular flexibility index (Phi) is 6.32. The van der Waals surface area contributed by atoms with Crippen molar-refractivity contribution in [2.75, 3.05) is 19.6 Å². The zero-order chi connectivity index (χ0) is 21.3. The van der Waals surface area contributed by atoms with E-state index in [1.165, 1.54) is 0 Å². The lowest BCUT2D eigenvalue weighted by molar-refractivity contribution is -0.0633. The highest BCUT2D eigenvalue weighted by molar-refractivity contribution is 9.10. The van der Waals surface area contributed by atoms with E-state index in [1.807, 2.05) is 31.2 Å². The number of phenols is 1. The summed E-state index contributed by atoms with van der Waals surface area (Å²) in [6.07, 6.45) is 1.80. The number of phenolic OH excluding ortho intramolecular Hbond substituents is 1. The average molecular weight is 475 g/mol. The van der Waals surface area contributed by atoms with Gasteiger partial charge in [0.15, 0.2) is 0 Å². The van der Waals surface area contributed by atoms with Crippen LogP contribution in [0.2, 0.25) is 0 Å². The van der Waals surface area contributed by atoms with Crippen molar-refractivity contribution in [1.29, 1.82) is 0 Å². The highest BCUT2D eigenvalue weighted by Gasteiger charge is 2.36. The molecule has 2 atom stereocenters. The minimum Gasteiger partial charge on any atom is -0.507 e. The van der Waals surface area contributed by atoms with Crippen LogP contribution in [0.25, 0.3) is 0 Å². The number of aromatic hydroxyl groups is 1. The summed E-state index contributed by atoms with van der Waals surface area (Å²) in [5, 5.41) is 10.6. The van der Waals surface area contributed by atoms with Crippen LogP contribution in [0, 0.1) is 12.8 Å². The lowest BCUT2D eigenvalue weighted by Crippen LogP contribution is -2.45. The number of likely N-dealkylation sites (tertiary alicyclic amines) is 1. The number of carbonyl (C=O) groups excluding carboxylic acids is 1. The Bertz CT molecular complexity index is 910. The first-order valence-electron chi connectivity index (χ1n) is 10.4. The number of rotatable bonds is 3. The van der Waals surface area contributed by atoms with Gasteiger partial charge in [0, 0.05) is 36.1 Å². The lowest BCUT2D eigenvalue weighted by atomic mass is 9.83. The first-order chi connectivity index (χ1) is 14.5. The number of nitrogens with two attached hydrogens (primary N) is 1. The van der Waals surface area contributed by atoms with Crippen LogP contribution < -0.4 is 10.5 Å². The van der Waals surface area contributed by atoms with Gasteiger partial charge in [0.2, 0.25) is 0 Å². The van der Waals surface area contributed by atoms with Gasteiger partial charge in [0.05, 0.1) is 12.2 Å². The van der Waals surface area contributed by atoms with Crippen LogP contribution in [0.5, 0.6) is 11.5 Å². The smallest absolute Gasteiger partial charge is 0.415 e. The maximum atomic E-state index is 12.5. The molecule has 160 valence electrons. The molecule has 0 aromatic heterocycles. The van der Waals surface area contributed by atoms with E-state index in [9.17, 15) is 9.90 Å². The van der Waals surface area contributed by atoms with Gasteiger partial charge < -0.3 is 25.2 Å². The Morgan fingerprint density at radius 1 is 1.23 bits per heavy atom. The molecular formula is C23H27BrN2O4. The number of aryl methyl sites for hydroxylation is 1. The second-order valence-electron chi connectivity index (χ2n) is 8.05. The Morgan fingerprint density at radius 2 is 1.93 bits per heavy atom. The number of nitrogens with zero attached hydrogens (tertiary/aromatic N) is 1. The van der Waals surface area contributed by atoms with Gasteiger partial charge in [0.1, 0.15) is 11.5 Å². The zero-order valence-corrected chi connectivity index (χ0v) is 18.6. The molecular weight excluding hydrogens is 448 g/mol. The summed E-state index contributed by atoms with van der Waals surface area (Å²) >= 11 is 3.37. The molecule has 0 spiro atoms. The Balaban J connectivity index is 1.38. The number of fused-ring (bicyclic) bond motifs is 1. The first kappa shape index (κ1) is 21.2. The summed E-state index contributed by atoms with van der Waals surface area (Å²) in [4.78, 5) is 14.2. The number of ether oxygens (including phenoxy) is 2. The van der Waals surface area contributed by atoms with Gasteiger partial charge in [0.25, 0.3) is 0 Å². The Hall–Kier alpha value is -2.09. The van der Waals surface area contributed by atoms with Crippen molar-refractivity contribution in [3.05, 3.63) is 57.6 Å². The molecule has 7 heteroatoms. The molecule has 3 N–H and O–H groups in total. The van der Waals surface area contributed by atoms with E-state index < -0.39 is 0 Å². The predicted molar refractivity (Wildman–Crippen MR) is 118 cm³/mol. The molecule has 2 aromatic rings. The van der Waals surface area contributed by atoms with Gasteiger partial charge in [-0.1, -0.05) is 28.1 Å². The molecule has 1 saturated heterocycles. The molecule has 2 heterocycles. The van der Waals surface area contributed by atoms with Crippen molar-refractivity contribution in [2.24, 2.45) is 11.7 Å². The molecule has 2 aliphatic rings. The van der Waals surface area contributed by atoms with E-state index in [0.29, 0.717) is 43.5 Å². The molecule has 6 nitrogen and oxygen atoms in total. The van der Waals surface area contributed by atoms with Crippen LogP contribution in [0.1, 0.15) is 35.6 Å². The number of carbonyl (C=O) groups is 1. The van der Waals surface area contributed by atoms with E-state index in [4.69, 9.17) is 15.2 Å². The van der Waals surface area contributed by atoms with Crippen molar-refractivity contribution in [3.63, 3.8) is 0 Å². The fraction of sp³-hybridized carbons (Fsp3) is 0.435. The molecule has 0 aliphatic carbocycles. The highest BCUT2D eigenvalue weighted by atomic mass is 79.9. The number of benzene rings is 2. The summed E-state index contributed by atoms with van der Waals surface area (Å²) in [5.41, 5.74) is 8.78. The van der Waals surface area contributed by atoms with Crippen LogP contribution >= 0.6 is 15.9 Å². The number of hydrogen-bond acceptors (Lipinski definition) is 5. The van der Waals surface area contributed by atoms with Gasteiger partial charge in [-0.2, -0.15) is 0 Å². The van der Waals surface area contributed by atoms with Crippen LogP contribution in [-0.4, -0.2) is 41.8 Å². The van der Waals surface area contributed by atoms with Crippen molar-refractivity contribution in [2.45, 2.75) is 38.4 Å². The van der Waals surface area contributed by atoms with Crippen LogP contribution in [0.15, 0.2) is 40.9 Å². The van der Waals surface area contributed by atoms with Crippen molar-refractivity contribution >= 4 is 22.0 Å². The third-order valence-electron chi connectivity index (χ3n) is 6.17. The molecule has 4 rings (SSSR count). The van der Waals surface area contributed by atoms with Gasteiger partial charge in [-0.25, -0.2) is 4.79 Å². The summed E-state index contributed by atoms with van der Waals surface area (Å²) in [6, 6.07) is 11.2. The maximum Gasteiger partial charge on any atom is 0.415 e. The SMILES string of the molecule is Cc1ccc2c(c1O)C[C@@H](C1CCN(C(=O)Oc3ccc(Br)cc3)CC1)O[C@H]2CN. The monoisotopic (exact) mass is 474 g/mol. The third-order valence-corrected chi connectivity index (χ3v) is 6.70. The van der Waals surface area contributed by atoms with Crippen molar-refractivity contribution in [3.8, 4) is 11.5 Å². The summed E-state index contributed by atoms with van der Waals surface area (Å²) in [5.74, 6) is 1.20. The fourth-order valence-electron chi connectivity index (χ4n) is 4.40. The van der Waals surface area contributed by atoms with Gasteiger partial charge in [-0.3, -0.25) is 0 Å². The van der Waals surface area contributed by atoms with E-state index in [-0.39, 0.29) is 18.3 Å². The Morgan fingerprint density at radius 3 is 2.60 bits per heavy atom. The molecule has 0 saturated carbocycles. The number of halogens is 1. The zero-order valence-electron chi connectivity index (χ0n) is 17.0. The molecule has 30 heavy (non-hydrogen) atoms. The predicted octanol–water partition coefficient (Wildman–Crippen LogP) is 4.32. The highest BCUT2D eigenvalue weighted by Crippen LogP contribution is 2.40. The van der Waals surface area contributed by atoms with Crippen LogP contribution in [0.4, 0.5) is 4.79 Å². The lowest BCUT2D eigenvalue weighted by Gasteiger charge is -2.40. The van der Waals surface area contributed by atoms with Crippen LogP contribution in [-0.2, 0) is 11.2 Å². The largest absolute Gasteiger partial charge is 0.507 e. The van der Waals surface area contributed by atoms with Gasteiger partial charge in [-0.05, 0) is 61.1 Å². The summed E-state index contributed by atoms with van der Waals surface area (Å²) < 4.78 is 12.7. The Labute approximate surface area is 185 Å². The number of amides is 1. The second-order valence-corrected chi connectivity index (χ2v) is 8.96.